The highest BCUT2D eigenvalue weighted by atomic mass is 32.2. The second-order valence-electron chi connectivity index (χ2n) is 5.95. The molecule has 9 nitrogen and oxygen atoms in total. The Hall–Kier alpha value is -2.38. The van der Waals surface area contributed by atoms with Crippen LogP contribution in [0.15, 0.2) is 27.7 Å². The zero-order valence-corrected chi connectivity index (χ0v) is 14.3. The minimum absolute atomic E-state index is 0.0714. The van der Waals surface area contributed by atoms with Crippen molar-refractivity contribution in [3.05, 3.63) is 23.9 Å². The Morgan fingerprint density at radius 3 is 2.67 bits per heavy atom. The van der Waals surface area contributed by atoms with Gasteiger partial charge in [0.2, 0.25) is 5.09 Å². The summed E-state index contributed by atoms with van der Waals surface area (Å²) in [5, 5.41) is 23.4. The lowest BCUT2D eigenvalue weighted by molar-refractivity contribution is -0.147. The number of carbonyl (C=O) groups is 1. The average molecular weight is 409 g/mol. The molecule has 3 heterocycles. The number of alkyl halides is 3. The maximum Gasteiger partial charge on any atom is 0.432 e. The number of aliphatic hydroxyl groups excluding tert-OH is 1. The van der Waals surface area contributed by atoms with Gasteiger partial charge in [-0.3, -0.25) is 9.89 Å². The fourth-order valence-corrected chi connectivity index (χ4v) is 4.08. The van der Waals surface area contributed by atoms with Crippen molar-refractivity contribution in [1.29, 1.82) is 0 Å². The van der Waals surface area contributed by atoms with E-state index in [4.69, 9.17) is 9.52 Å². The van der Waals surface area contributed by atoms with Gasteiger partial charge in [-0.2, -0.15) is 22.6 Å². The number of nitrogens with zero attached hydrogens (tertiary/aromatic N) is 2. The molecule has 0 spiro atoms. The molecule has 1 fully saturated rings. The third kappa shape index (κ3) is 3.70. The van der Waals surface area contributed by atoms with E-state index >= 15 is 0 Å². The maximum absolute atomic E-state index is 12.6. The largest absolute Gasteiger partial charge is 0.481 e. The zero-order valence-electron chi connectivity index (χ0n) is 13.5. The minimum atomic E-state index is -4.65. The summed E-state index contributed by atoms with van der Waals surface area (Å²) in [4.78, 5) is 11.1. The van der Waals surface area contributed by atoms with Crippen LogP contribution in [0.3, 0.4) is 0 Å². The number of aliphatic carboxylic acids is 1. The van der Waals surface area contributed by atoms with E-state index in [2.05, 4.69) is 5.10 Å². The number of aromatic amines is 1. The number of carboxylic acids is 1. The molecular formula is C14H14F3N3O6S. The highest BCUT2D eigenvalue weighted by Crippen LogP contribution is 2.32. The van der Waals surface area contributed by atoms with Crippen LogP contribution in [0.25, 0.3) is 11.5 Å². The Kier molecular flexibility index (Phi) is 4.78. The average Bonchev–Trinajstić information content (AvgIpc) is 3.23. The van der Waals surface area contributed by atoms with Crippen LogP contribution < -0.4 is 0 Å². The molecule has 0 radical (unpaired) electrons. The van der Waals surface area contributed by atoms with Gasteiger partial charge in [0.25, 0.3) is 10.0 Å². The first-order chi connectivity index (χ1) is 12.5. The number of hydrogen-bond donors (Lipinski definition) is 3. The molecule has 1 aliphatic rings. The van der Waals surface area contributed by atoms with Crippen molar-refractivity contribution in [3.8, 4) is 11.5 Å². The third-order valence-electron chi connectivity index (χ3n) is 4.17. The number of furan rings is 1. The Morgan fingerprint density at radius 1 is 1.37 bits per heavy atom. The molecule has 0 aliphatic carbocycles. The van der Waals surface area contributed by atoms with Crippen LogP contribution in [0.4, 0.5) is 13.2 Å². The lowest BCUT2D eigenvalue weighted by atomic mass is 9.96. The van der Waals surface area contributed by atoms with E-state index in [1.165, 1.54) is 0 Å². The van der Waals surface area contributed by atoms with Crippen LogP contribution in [0.1, 0.15) is 12.1 Å². The van der Waals surface area contributed by atoms with Crippen LogP contribution in [0.2, 0.25) is 0 Å². The summed E-state index contributed by atoms with van der Waals surface area (Å²) < 4.78 is 69.1. The smallest absolute Gasteiger partial charge is 0.432 e. The number of piperidine rings is 1. The van der Waals surface area contributed by atoms with E-state index < -0.39 is 51.5 Å². The van der Waals surface area contributed by atoms with Gasteiger partial charge in [0, 0.05) is 13.1 Å². The molecule has 0 unspecified atom stereocenters. The van der Waals surface area contributed by atoms with E-state index in [0.29, 0.717) is 6.07 Å². The minimum Gasteiger partial charge on any atom is -0.481 e. The van der Waals surface area contributed by atoms with Crippen LogP contribution in [-0.2, 0) is 21.0 Å². The Balaban J connectivity index is 1.85. The molecule has 0 saturated carbocycles. The van der Waals surface area contributed by atoms with E-state index in [-0.39, 0.29) is 24.4 Å². The number of rotatable bonds is 4. The van der Waals surface area contributed by atoms with Crippen molar-refractivity contribution in [2.45, 2.75) is 23.8 Å². The summed E-state index contributed by atoms with van der Waals surface area (Å²) in [6.45, 7) is -0.570. The van der Waals surface area contributed by atoms with Crippen molar-refractivity contribution in [2.75, 3.05) is 13.1 Å². The third-order valence-corrected chi connectivity index (χ3v) is 5.91. The van der Waals surface area contributed by atoms with E-state index in [1.54, 1.807) is 5.10 Å². The molecule has 2 aromatic rings. The van der Waals surface area contributed by atoms with Gasteiger partial charge in [0.15, 0.2) is 5.76 Å². The van der Waals surface area contributed by atoms with Gasteiger partial charge in [0.1, 0.15) is 11.4 Å². The quantitative estimate of drug-likeness (QED) is 0.689. The summed E-state index contributed by atoms with van der Waals surface area (Å²) in [5.74, 6) is -2.82. The van der Waals surface area contributed by atoms with Gasteiger partial charge < -0.3 is 14.6 Å². The SMILES string of the molecule is O=C(O)[C@H]1CN(S(=O)(=O)c2ccc(-c3cc(C(F)(F)F)[nH]n3)o2)CC[C@H]1O. The molecular weight excluding hydrogens is 395 g/mol. The molecule has 3 rings (SSSR count). The summed E-state index contributed by atoms with van der Waals surface area (Å²) in [5.41, 5.74) is -1.35. The molecule has 0 aromatic carbocycles. The molecule has 0 amide bonds. The summed E-state index contributed by atoms with van der Waals surface area (Å²) >= 11 is 0. The number of aromatic nitrogens is 2. The maximum atomic E-state index is 12.6. The topological polar surface area (TPSA) is 137 Å². The van der Waals surface area contributed by atoms with Gasteiger partial charge in [-0.25, -0.2) is 8.42 Å². The number of carboxylic acid groups (broad SMARTS) is 1. The Labute approximate surface area is 150 Å². The van der Waals surface area contributed by atoms with Gasteiger partial charge in [-0.15, -0.1) is 0 Å². The van der Waals surface area contributed by atoms with Gasteiger partial charge in [0.05, 0.1) is 12.0 Å². The molecule has 1 aliphatic heterocycles. The fourth-order valence-electron chi connectivity index (χ4n) is 2.69. The lowest BCUT2D eigenvalue weighted by Gasteiger charge is -2.32. The molecule has 27 heavy (non-hydrogen) atoms. The van der Waals surface area contributed by atoms with Crippen molar-refractivity contribution in [3.63, 3.8) is 0 Å². The number of nitrogens with one attached hydrogen (secondary N) is 1. The molecule has 1 saturated heterocycles. The first kappa shape index (κ1) is 19.4. The van der Waals surface area contributed by atoms with E-state index in [9.17, 15) is 31.5 Å². The number of hydrogen-bond acceptors (Lipinski definition) is 6. The standard InChI is InChI=1S/C14H14F3N3O6S/c15-14(16,17)11-5-8(18-19-11)10-1-2-12(26-10)27(24,25)20-4-3-9(21)7(6-20)13(22)23/h1-2,5,7,9,21H,3-4,6H2,(H,18,19)(H,22,23)/t7-,9+/m0/s1. The van der Waals surface area contributed by atoms with Crippen LogP contribution in [-0.4, -0.2) is 58.3 Å². The highest BCUT2D eigenvalue weighted by Gasteiger charge is 2.40. The normalized spacial score (nSPS) is 22.1. The first-order valence-corrected chi connectivity index (χ1v) is 9.08. The molecule has 148 valence electrons. The molecule has 2 aromatic heterocycles. The van der Waals surface area contributed by atoms with Gasteiger partial charge >= 0.3 is 12.1 Å². The van der Waals surface area contributed by atoms with Gasteiger partial charge in [-0.1, -0.05) is 0 Å². The molecule has 13 heteroatoms. The summed E-state index contributed by atoms with van der Waals surface area (Å²) in [7, 11) is -4.23. The van der Waals surface area contributed by atoms with Gasteiger partial charge in [-0.05, 0) is 24.6 Å². The predicted octanol–water partition coefficient (Wildman–Crippen LogP) is 1.14. The molecule has 0 bridgehead atoms. The number of aliphatic hydroxyl groups is 1. The predicted molar refractivity (Wildman–Crippen MR) is 81.8 cm³/mol. The van der Waals surface area contributed by atoms with Crippen LogP contribution in [0, 0.1) is 5.92 Å². The number of sulfonamides is 1. The summed E-state index contributed by atoms with van der Waals surface area (Å²) in [6, 6.07) is 2.87. The Morgan fingerprint density at radius 2 is 2.07 bits per heavy atom. The van der Waals surface area contributed by atoms with Crippen molar-refractivity contribution in [2.24, 2.45) is 5.92 Å². The van der Waals surface area contributed by atoms with E-state index in [0.717, 1.165) is 16.4 Å². The number of H-pyrrole nitrogens is 1. The number of halogens is 3. The lowest BCUT2D eigenvalue weighted by Crippen LogP contribution is -2.48. The van der Waals surface area contributed by atoms with Crippen LogP contribution in [0.5, 0.6) is 0 Å². The van der Waals surface area contributed by atoms with Crippen molar-refractivity contribution < 1.29 is 41.0 Å². The molecule has 3 N–H and O–H groups in total. The summed E-state index contributed by atoms with van der Waals surface area (Å²) in [6.07, 6.45) is -5.89. The molecule has 2 atom stereocenters. The zero-order chi connectivity index (χ0) is 20.0. The van der Waals surface area contributed by atoms with E-state index in [1.807, 2.05) is 0 Å². The van der Waals surface area contributed by atoms with Crippen molar-refractivity contribution >= 4 is 16.0 Å². The van der Waals surface area contributed by atoms with Crippen LogP contribution >= 0.6 is 0 Å². The Bertz CT molecular complexity index is 951. The van der Waals surface area contributed by atoms with Crippen molar-refractivity contribution in [1.82, 2.24) is 14.5 Å². The fraction of sp³-hybridized carbons (Fsp3) is 0.429. The first-order valence-electron chi connectivity index (χ1n) is 7.64. The second-order valence-corrected chi connectivity index (χ2v) is 7.82. The highest BCUT2D eigenvalue weighted by molar-refractivity contribution is 7.89. The monoisotopic (exact) mass is 409 g/mol. The second kappa shape index (κ2) is 6.65.